The number of benzene rings is 2. The highest BCUT2D eigenvalue weighted by Gasteiger charge is 2.32. The minimum absolute atomic E-state index is 0.0418. The zero-order valence-corrected chi connectivity index (χ0v) is 35.5. The van der Waals surface area contributed by atoms with E-state index in [9.17, 15) is 24.0 Å². The lowest BCUT2D eigenvalue weighted by atomic mass is 9.91. The third kappa shape index (κ3) is 11.3. The molecule has 306 valence electrons. The number of carbonyl (C=O) groups is 5. The minimum Gasteiger partial charge on any atom is -0.300 e. The van der Waals surface area contributed by atoms with E-state index in [0.717, 1.165) is 96.6 Å². The highest BCUT2D eigenvalue weighted by molar-refractivity contribution is 7.15. The number of hydrogen-bond donors (Lipinski definition) is 1. The zero-order chi connectivity index (χ0) is 41.2. The van der Waals surface area contributed by atoms with Crippen molar-refractivity contribution < 1.29 is 24.0 Å². The summed E-state index contributed by atoms with van der Waals surface area (Å²) in [6.07, 6.45) is 12.1. The first-order chi connectivity index (χ1) is 28.0. The molecule has 4 aromatic rings. The smallest absolute Gasteiger partial charge is 0.230 e. The number of rotatable bonds is 21. The van der Waals surface area contributed by atoms with Crippen molar-refractivity contribution in [3.8, 4) is 5.00 Å². The van der Waals surface area contributed by atoms with E-state index < -0.39 is 12.0 Å². The van der Waals surface area contributed by atoms with Gasteiger partial charge in [0.1, 0.15) is 34.2 Å². The number of imide groups is 1. The maximum Gasteiger partial charge on any atom is 0.230 e. The van der Waals surface area contributed by atoms with Crippen molar-refractivity contribution in [1.29, 1.82) is 0 Å². The van der Waals surface area contributed by atoms with Crippen LogP contribution in [0.5, 0.6) is 0 Å². The van der Waals surface area contributed by atoms with Crippen LogP contribution >= 0.6 is 22.9 Å². The minimum atomic E-state index is -0.450. The van der Waals surface area contributed by atoms with Gasteiger partial charge in [-0.15, -0.1) is 21.5 Å². The Balaban J connectivity index is 0.859. The number of halogens is 1. The summed E-state index contributed by atoms with van der Waals surface area (Å²) < 4.78 is 2.09. The van der Waals surface area contributed by atoms with Crippen molar-refractivity contribution in [2.75, 3.05) is 0 Å². The van der Waals surface area contributed by atoms with Gasteiger partial charge in [0.05, 0.1) is 5.71 Å². The molecule has 6 rings (SSSR count). The monoisotopic (exact) mass is 823 g/mol. The van der Waals surface area contributed by atoms with Crippen molar-refractivity contribution in [2.24, 2.45) is 10.9 Å². The summed E-state index contributed by atoms with van der Waals surface area (Å²) in [4.78, 5) is 68.5. The second-order valence-corrected chi connectivity index (χ2v) is 17.6. The summed E-state index contributed by atoms with van der Waals surface area (Å²) in [7, 11) is 0. The van der Waals surface area contributed by atoms with Crippen LogP contribution in [0.1, 0.15) is 147 Å². The van der Waals surface area contributed by atoms with Gasteiger partial charge in [0, 0.05) is 71.9 Å². The molecule has 1 saturated heterocycles. The fourth-order valence-corrected chi connectivity index (χ4v) is 9.35. The number of nitrogens with one attached hydrogen (secondary N) is 1. The van der Waals surface area contributed by atoms with E-state index in [4.69, 9.17) is 16.6 Å². The highest BCUT2D eigenvalue weighted by Crippen LogP contribution is 2.40. The largest absolute Gasteiger partial charge is 0.300 e. The number of aromatic nitrogens is 3. The standard InChI is InChI=1S/C46H54ClN5O5S/c1-29-30(2)58-46-42(29)43(34-18-21-36(47)22-19-34)48-40(44-51-50-31(3)52(44)46)28-38(54)17-12-10-8-6-4-5-7-9-11-16-37(53)25-32-14-13-15-33(24-32)26-39(55)27-35-20-23-41(56)49-45(35)57/h13-15,18-19,21-22,24,35,40H,4-12,16-17,20,23,25-28H2,1-3H3,(H,49,56,57)/t35?,40-/m0/s1. The van der Waals surface area contributed by atoms with Gasteiger partial charge < -0.3 is 0 Å². The summed E-state index contributed by atoms with van der Waals surface area (Å²) in [5, 5.41) is 13.0. The number of aryl methyl sites for hydroxylation is 2. The third-order valence-corrected chi connectivity index (χ3v) is 12.8. The molecule has 2 amide bonds. The molecule has 2 aliphatic rings. The van der Waals surface area contributed by atoms with Crippen molar-refractivity contribution >= 4 is 57.8 Å². The number of fused-ring (bicyclic) bond motifs is 3. The van der Waals surface area contributed by atoms with Crippen LogP contribution in [0.3, 0.4) is 0 Å². The van der Waals surface area contributed by atoms with E-state index in [1.54, 1.807) is 11.3 Å². The van der Waals surface area contributed by atoms with Gasteiger partial charge in [-0.25, -0.2) is 0 Å². The van der Waals surface area contributed by atoms with Crippen LogP contribution in [-0.2, 0) is 36.8 Å². The number of hydrogen-bond acceptors (Lipinski definition) is 9. The molecule has 2 atom stereocenters. The van der Waals surface area contributed by atoms with E-state index in [-0.39, 0.29) is 54.8 Å². The predicted octanol–water partition coefficient (Wildman–Crippen LogP) is 9.42. The fourth-order valence-electron chi connectivity index (χ4n) is 8.01. The molecule has 0 spiro atoms. The third-order valence-electron chi connectivity index (χ3n) is 11.3. The lowest BCUT2D eigenvalue weighted by Crippen LogP contribution is -2.41. The molecule has 1 N–H and O–H groups in total. The molecule has 0 radical (unpaired) electrons. The summed E-state index contributed by atoms with van der Waals surface area (Å²) in [5.74, 6) is 0.749. The Morgan fingerprint density at radius 3 is 2.07 bits per heavy atom. The van der Waals surface area contributed by atoms with Crippen LogP contribution in [0.4, 0.5) is 0 Å². The van der Waals surface area contributed by atoms with E-state index in [1.165, 1.54) is 10.4 Å². The molecule has 4 heterocycles. The number of aliphatic imine (C=N–C) groups is 1. The van der Waals surface area contributed by atoms with Crippen molar-refractivity contribution in [1.82, 2.24) is 20.1 Å². The van der Waals surface area contributed by atoms with Crippen LogP contribution in [0, 0.1) is 26.7 Å². The number of Topliss-reactive ketones (excluding diaryl/α,β-unsaturated/α-hetero) is 3. The maximum absolute atomic E-state index is 13.4. The Labute approximate surface area is 350 Å². The molecule has 2 aromatic carbocycles. The Morgan fingerprint density at radius 1 is 0.793 bits per heavy atom. The normalized spacial score (nSPS) is 16.3. The molecule has 58 heavy (non-hydrogen) atoms. The molecule has 0 bridgehead atoms. The second-order valence-electron chi connectivity index (χ2n) is 15.9. The molecular formula is C46H54ClN5O5S. The van der Waals surface area contributed by atoms with Gasteiger partial charge in [-0.2, -0.15) is 0 Å². The first-order valence-corrected chi connectivity index (χ1v) is 22.0. The summed E-state index contributed by atoms with van der Waals surface area (Å²) in [5.41, 5.74) is 5.80. The highest BCUT2D eigenvalue weighted by atomic mass is 35.5. The van der Waals surface area contributed by atoms with Gasteiger partial charge in [-0.05, 0) is 68.9 Å². The van der Waals surface area contributed by atoms with E-state index in [0.29, 0.717) is 36.5 Å². The summed E-state index contributed by atoms with van der Waals surface area (Å²) in [6, 6.07) is 14.9. The Kier molecular flexibility index (Phi) is 15.1. The average Bonchev–Trinajstić information content (AvgIpc) is 3.66. The van der Waals surface area contributed by atoms with Gasteiger partial charge in [-0.1, -0.05) is 92.9 Å². The van der Waals surface area contributed by atoms with Crippen molar-refractivity contribution in [3.63, 3.8) is 0 Å². The SMILES string of the molecule is Cc1sc2c(c1C)C(c1ccc(Cl)cc1)=N[C@@H](CC(=O)CCCCCCCCCCCC(=O)Cc1cccc(CC(=O)CC3CCC(=O)NC3=O)c1)c1nnc(C)n1-2. The number of unbranched alkanes of at least 4 members (excludes halogenated alkanes) is 8. The van der Waals surface area contributed by atoms with E-state index >= 15 is 0 Å². The molecule has 2 aromatic heterocycles. The number of carbonyl (C=O) groups excluding carboxylic acids is 5. The first-order valence-electron chi connectivity index (χ1n) is 20.8. The molecule has 0 aliphatic carbocycles. The molecule has 12 heteroatoms. The molecule has 10 nitrogen and oxygen atoms in total. The van der Waals surface area contributed by atoms with E-state index in [2.05, 4.69) is 33.9 Å². The number of ketones is 3. The fraction of sp³-hybridized carbons (Fsp3) is 0.478. The van der Waals surface area contributed by atoms with Crippen LogP contribution in [0.2, 0.25) is 5.02 Å². The maximum atomic E-state index is 13.4. The van der Waals surface area contributed by atoms with Crippen LogP contribution < -0.4 is 5.32 Å². The first kappa shape index (κ1) is 43.0. The second kappa shape index (κ2) is 20.4. The molecule has 0 saturated carbocycles. The van der Waals surface area contributed by atoms with Crippen molar-refractivity contribution in [2.45, 2.75) is 136 Å². The van der Waals surface area contributed by atoms with Crippen LogP contribution in [0.15, 0.2) is 53.5 Å². The Morgan fingerprint density at radius 2 is 1.41 bits per heavy atom. The topological polar surface area (TPSA) is 140 Å². The van der Waals surface area contributed by atoms with Crippen LogP contribution in [-0.4, -0.2) is 49.6 Å². The Hall–Kier alpha value is -4.61. The molecular weight excluding hydrogens is 770 g/mol. The zero-order valence-electron chi connectivity index (χ0n) is 33.9. The summed E-state index contributed by atoms with van der Waals surface area (Å²) >= 11 is 7.94. The lowest BCUT2D eigenvalue weighted by molar-refractivity contribution is -0.138. The quantitative estimate of drug-likeness (QED) is 0.0652. The van der Waals surface area contributed by atoms with Crippen molar-refractivity contribution in [3.05, 3.63) is 97.9 Å². The summed E-state index contributed by atoms with van der Waals surface area (Å²) in [6.45, 7) is 6.19. The number of thiophene rings is 1. The molecule has 1 unspecified atom stereocenters. The number of piperidine rings is 1. The molecule has 1 fully saturated rings. The number of amides is 2. The lowest BCUT2D eigenvalue weighted by Gasteiger charge is -2.20. The predicted molar refractivity (Wildman–Crippen MR) is 228 cm³/mol. The molecule has 2 aliphatic heterocycles. The van der Waals surface area contributed by atoms with Gasteiger partial charge in [-0.3, -0.25) is 38.8 Å². The van der Waals surface area contributed by atoms with Gasteiger partial charge in [0.2, 0.25) is 11.8 Å². The average molecular weight is 824 g/mol. The van der Waals surface area contributed by atoms with Crippen LogP contribution in [0.25, 0.3) is 5.00 Å². The Bertz CT molecular complexity index is 2170. The van der Waals surface area contributed by atoms with Gasteiger partial charge >= 0.3 is 0 Å². The van der Waals surface area contributed by atoms with E-state index in [1.807, 2.05) is 55.5 Å². The van der Waals surface area contributed by atoms with Gasteiger partial charge in [0.25, 0.3) is 0 Å². The number of nitrogens with zero attached hydrogens (tertiary/aromatic N) is 4. The van der Waals surface area contributed by atoms with Gasteiger partial charge in [0.15, 0.2) is 5.82 Å².